The number of halogens is 4. The first-order valence-corrected chi connectivity index (χ1v) is 5.13. The second-order valence-corrected chi connectivity index (χ2v) is 4.14. The van der Waals surface area contributed by atoms with Crippen LogP contribution < -0.4 is 0 Å². The molecule has 0 fully saturated rings. The van der Waals surface area contributed by atoms with E-state index in [1.807, 2.05) is 0 Å². The lowest BCUT2D eigenvalue weighted by atomic mass is 10.3. The molecular formula is C5H2F4O2S2. The first kappa shape index (κ1) is 10.5. The molecule has 0 spiro atoms. The minimum absolute atomic E-state index is 0.481. The van der Waals surface area contributed by atoms with Gasteiger partial charge in [-0.25, -0.2) is 0 Å². The summed E-state index contributed by atoms with van der Waals surface area (Å²) in [5.41, 5.74) is -1.46. The molecule has 0 saturated heterocycles. The Hall–Kier alpha value is -0.630. The van der Waals surface area contributed by atoms with Crippen molar-refractivity contribution < 1.29 is 25.5 Å². The largest absolute Gasteiger partial charge is 0.418 e. The van der Waals surface area contributed by atoms with Gasteiger partial charge in [0.25, 0.3) is 0 Å². The third-order valence-corrected chi connectivity index (χ3v) is 2.95. The lowest BCUT2D eigenvalue weighted by molar-refractivity contribution is -0.139. The second-order valence-electron chi connectivity index (χ2n) is 2.09. The Balaban J connectivity index is 3.35. The Bertz CT molecular complexity index is 402. The van der Waals surface area contributed by atoms with Gasteiger partial charge in [0.15, 0.2) is 0 Å². The normalized spacial score (nSPS) is 13.2. The predicted octanol–water partition coefficient (Wildman–Crippen LogP) is 2.43. The molecule has 0 saturated carbocycles. The van der Waals surface area contributed by atoms with E-state index < -0.39 is 26.9 Å². The highest BCUT2D eigenvalue weighted by Gasteiger charge is 2.38. The third kappa shape index (κ3) is 2.19. The lowest BCUT2D eigenvalue weighted by Crippen LogP contribution is -2.08. The maximum absolute atomic E-state index is 12.2. The molecule has 0 aliphatic heterocycles. The highest BCUT2D eigenvalue weighted by Crippen LogP contribution is 2.36. The molecule has 0 amide bonds. The van der Waals surface area contributed by atoms with Crippen LogP contribution in [0, 0.1) is 0 Å². The fraction of sp³-hybridized carbons (Fsp3) is 0.200. The average molecular weight is 234 g/mol. The van der Waals surface area contributed by atoms with E-state index in [4.69, 9.17) is 0 Å². The molecule has 0 aliphatic carbocycles. The van der Waals surface area contributed by atoms with Crippen LogP contribution >= 0.6 is 11.3 Å². The van der Waals surface area contributed by atoms with Crippen molar-refractivity contribution in [1.29, 1.82) is 0 Å². The van der Waals surface area contributed by atoms with E-state index in [1.54, 1.807) is 0 Å². The first-order valence-electron chi connectivity index (χ1n) is 2.81. The van der Waals surface area contributed by atoms with Crippen LogP contribution in [0.2, 0.25) is 0 Å². The molecule has 0 aliphatic rings. The molecule has 0 aromatic carbocycles. The number of alkyl halides is 3. The van der Waals surface area contributed by atoms with Crippen LogP contribution in [0.1, 0.15) is 5.56 Å². The van der Waals surface area contributed by atoms with Crippen LogP contribution in [0.4, 0.5) is 17.1 Å². The fourth-order valence-corrected chi connectivity index (χ4v) is 2.53. The summed E-state index contributed by atoms with van der Waals surface area (Å²) in [6, 6.07) is 0. The van der Waals surface area contributed by atoms with E-state index in [9.17, 15) is 25.5 Å². The van der Waals surface area contributed by atoms with E-state index >= 15 is 0 Å². The molecule has 0 bridgehead atoms. The summed E-state index contributed by atoms with van der Waals surface area (Å²) in [5.74, 6) is 0. The standard InChI is InChI=1S/C5H2F4O2S2/c6-5(7,8)3-1-12-2-4(3)13(9,10)11/h1-2H. The molecular weight excluding hydrogens is 232 g/mol. The van der Waals surface area contributed by atoms with Gasteiger partial charge in [-0.15, -0.1) is 3.89 Å². The molecule has 0 radical (unpaired) electrons. The quantitative estimate of drug-likeness (QED) is 0.552. The Kier molecular flexibility index (Phi) is 2.37. The van der Waals surface area contributed by atoms with Gasteiger partial charge in [0.1, 0.15) is 4.90 Å². The number of rotatable bonds is 1. The van der Waals surface area contributed by atoms with Crippen molar-refractivity contribution in [3.63, 3.8) is 0 Å². The fourth-order valence-electron chi connectivity index (χ4n) is 0.681. The Morgan fingerprint density at radius 1 is 1.23 bits per heavy atom. The zero-order chi connectivity index (χ0) is 10.3. The maximum atomic E-state index is 12.2. The average Bonchev–Trinajstić information content (AvgIpc) is 2.27. The van der Waals surface area contributed by atoms with E-state index in [2.05, 4.69) is 0 Å². The van der Waals surface area contributed by atoms with Crippen LogP contribution in [0.3, 0.4) is 0 Å². The Morgan fingerprint density at radius 3 is 2.08 bits per heavy atom. The summed E-state index contributed by atoms with van der Waals surface area (Å²) in [6.45, 7) is 0. The van der Waals surface area contributed by atoms with Crippen molar-refractivity contribution in [2.45, 2.75) is 11.1 Å². The van der Waals surface area contributed by atoms with Crippen LogP contribution in [-0.4, -0.2) is 8.42 Å². The van der Waals surface area contributed by atoms with Crippen molar-refractivity contribution in [1.82, 2.24) is 0 Å². The molecule has 1 aromatic heterocycles. The summed E-state index contributed by atoms with van der Waals surface area (Å²) in [7, 11) is -5.28. The Morgan fingerprint density at radius 2 is 1.77 bits per heavy atom. The molecule has 1 aromatic rings. The van der Waals surface area contributed by atoms with Gasteiger partial charge in [-0.05, 0) is 0 Å². The maximum Gasteiger partial charge on any atom is 0.418 e. The van der Waals surface area contributed by atoms with Crippen LogP contribution in [0.5, 0.6) is 0 Å². The summed E-state index contributed by atoms with van der Waals surface area (Å²) in [4.78, 5) is -1.31. The van der Waals surface area contributed by atoms with Crippen LogP contribution in [0.15, 0.2) is 15.7 Å². The van der Waals surface area contributed by atoms with Gasteiger partial charge in [0.05, 0.1) is 5.56 Å². The van der Waals surface area contributed by atoms with Gasteiger partial charge in [-0.3, -0.25) is 0 Å². The highest BCUT2D eigenvalue weighted by molar-refractivity contribution is 7.86. The number of thiophene rings is 1. The van der Waals surface area contributed by atoms with Crippen molar-refractivity contribution in [3.8, 4) is 0 Å². The minimum atomic E-state index is -5.28. The smallest absolute Gasteiger partial charge is 0.189 e. The number of hydrogen-bond acceptors (Lipinski definition) is 3. The number of hydrogen-bond donors (Lipinski definition) is 0. The highest BCUT2D eigenvalue weighted by atomic mass is 32.3. The van der Waals surface area contributed by atoms with Gasteiger partial charge in [0.2, 0.25) is 0 Å². The summed E-state index contributed by atoms with van der Waals surface area (Å²) >= 11 is 0.481. The summed E-state index contributed by atoms with van der Waals surface area (Å²) in [6.07, 6.45) is -4.84. The molecule has 1 heterocycles. The molecule has 1 rings (SSSR count). The van der Waals surface area contributed by atoms with Gasteiger partial charge < -0.3 is 0 Å². The van der Waals surface area contributed by atoms with Crippen molar-refractivity contribution in [3.05, 3.63) is 16.3 Å². The van der Waals surface area contributed by atoms with Gasteiger partial charge in [0, 0.05) is 10.8 Å². The lowest BCUT2D eigenvalue weighted by Gasteiger charge is -2.04. The predicted molar refractivity (Wildman–Crippen MR) is 37.6 cm³/mol. The van der Waals surface area contributed by atoms with Crippen LogP contribution in [0.25, 0.3) is 0 Å². The van der Waals surface area contributed by atoms with E-state index in [0.717, 1.165) is 0 Å². The molecule has 0 atom stereocenters. The molecule has 8 heteroatoms. The zero-order valence-electron chi connectivity index (χ0n) is 5.80. The van der Waals surface area contributed by atoms with Crippen molar-refractivity contribution in [2.24, 2.45) is 0 Å². The summed E-state index contributed by atoms with van der Waals surface area (Å²) < 4.78 is 68.6. The minimum Gasteiger partial charge on any atom is -0.189 e. The molecule has 0 unspecified atom stereocenters. The van der Waals surface area contributed by atoms with E-state index in [1.165, 1.54) is 0 Å². The summed E-state index contributed by atoms with van der Waals surface area (Å²) in [5, 5.41) is 1.16. The van der Waals surface area contributed by atoms with Crippen molar-refractivity contribution in [2.75, 3.05) is 0 Å². The topological polar surface area (TPSA) is 34.1 Å². The molecule has 0 N–H and O–H groups in total. The van der Waals surface area contributed by atoms with Gasteiger partial charge in [-0.1, -0.05) is 0 Å². The first-order chi connectivity index (χ1) is 5.73. The van der Waals surface area contributed by atoms with E-state index in [-0.39, 0.29) is 0 Å². The molecule has 2 nitrogen and oxygen atoms in total. The van der Waals surface area contributed by atoms with Gasteiger partial charge >= 0.3 is 16.4 Å². The molecule has 74 valence electrons. The van der Waals surface area contributed by atoms with Crippen LogP contribution in [-0.2, 0) is 16.4 Å². The molecule has 13 heavy (non-hydrogen) atoms. The SMILES string of the molecule is O=S(=O)(F)c1cscc1C(F)(F)F. The zero-order valence-corrected chi connectivity index (χ0v) is 7.43. The Labute approximate surface area is 75.0 Å². The third-order valence-electron chi connectivity index (χ3n) is 1.19. The van der Waals surface area contributed by atoms with Gasteiger partial charge in [-0.2, -0.15) is 32.9 Å². The van der Waals surface area contributed by atoms with Crippen molar-refractivity contribution >= 4 is 21.6 Å². The monoisotopic (exact) mass is 234 g/mol. The van der Waals surface area contributed by atoms with E-state index in [0.29, 0.717) is 22.1 Å². The second kappa shape index (κ2) is 2.95.